The number of anilines is 1. The predicted octanol–water partition coefficient (Wildman–Crippen LogP) is 2.79. The van der Waals surface area contributed by atoms with Crippen molar-refractivity contribution in [3.63, 3.8) is 0 Å². The number of hydrogen-bond donors (Lipinski definition) is 2. The molecule has 0 saturated carbocycles. The summed E-state index contributed by atoms with van der Waals surface area (Å²) in [4.78, 5) is 23.9. The quantitative estimate of drug-likeness (QED) is 0.499. The van der Waals surface area contributed by atoms with Crippen LogP contribution in [-0.4, -0.2) is 24.6 Å². The molecule has 0 unspecified atom stereocenters. The van der Waals surface area contributed by atoms with Gasteiger partial charge in [0.25, 0.3) is 0 Å². The van der Waals surface area contributed by atoms with Crippen molar-refractivity contribution in [3.8, 4) is 5.75 Å². The van der Waals surface area contributed by atoms with Gasteiger partial charge in [-0.3, -0.25) is 9.59 Å². The minimum absolute atomic E-state index is 0.523. The fraction of sp³-hybridized carbons (Fsp3) is 0.211. The molecule has 0 fully saturated rings. The summed E-state index contributed by atoms with van der Waals surface area (Å²) >= 11 is 0. The molecule has 2 aromatic carbocycles. The number of para-hydroxylation sites is 2. The van der Waals surface area contributed by atoms with Crippen molar-refractivity contribution in [1.82, 2.24) is 5.43 Å². The summed E-state index contributed by atoms with van der Waals surface area (Å²) < 4.78 is 5.46. The Balaban J connectivity index is 1.99. The molecule has 0 radical (unpaired) electrons. The first-order chi connectivity index (χ1) is 12.0. The highest BCUT2D eigenvalue weighted by Gasteiger charge is 2.15. The molecular weight excluding hydrogens is 318 g/mol. The molecule has 6 heteroatoms. The topological polar surface area (TPSA) is 79.8 Å². The summed E-state index contributed by atoms with van der Waals surface area (Å²) in [5, 5.41) is 6.44. The second-order valence-corrected chi connectivity index (χ2v) is 5.39. The van der Waals surface area contributed by atoms with Crippen LogP contribution in [0.4, 0.5) is 5.69 Å². The summed E-state index contributed by atoms with van der Waals surface area (Å²) in [6.07, 6.45) is 1.44. The van der Waals surface area contributed by atoms with Crippen LogP contribution in [0, 0.1) is 13.8 Å². The molecule has 2 rings (SSSR count). The summed E-state index contributed by atoms with van der Waals surface area (Å²) in [6.45, 7) is 6.13. The Kier molecular flexibility index (Phi) is 6.28. The fourth-order valence-electron chi connectivity index (χ4n) is 2.27. The van der Waals surface area contributed by atoms with Gasteiger partial charge in [0.2, 0.25) is 0 Å². The van der Waals surface area contributed by atoms with Gasteiger partial charge < -0.3 is 10.1 Å². The van der Waals surface area contributed by atoms with Crippen LogP contribution in [0.5, 0.6) is 5.75 Å². The number of hydrogen-bond acceptors (Lipinski definition) is 4. The highest BCUT2D eigenvalue weighted by Crippen LogP contribution is 2.19. The van der Waals surface area contributed by atoms with Crippen molar-refractivity contribution in [2.75, 3.05) is 11.9 Å². The van der Waals surface area contributed by atoms with Crippen molar-refractivity contribution in [2.45, 2.75) is 20.8 Å². The number of rotatable bonds is 5. The van der Waals surface area contributed by atoms with Crippen LogP contribution in [0.15, 0.2) is 47.6 Å². The predicted molar refractivity (Wildman–Crippen MR) is 97.9 cm³/mol. The standard InChI is InChI=1S/C19H21N3O3/c1-4-25-16-11-6-5-10-15(16)12-20-22-19(24)18(23)21-17-13(2)8-7-9-14(17)3/h5-12H,4H2,1-3H3,(H,21,23)(H,22,24)/b20-12-. The van der Waals surface area contributed by atoms with Crippen LogP contribution >= 0.6 is 0 Å². The maximum absolute atomic E-state index is 12.0. The van der Waals surface area contributed by atoms with Crippen LogP contribution in [0.25, 0.3) is 0 Å². The molecule has 0 atom stereocenters. The van der Waals surface area contributed by atoms with Crippen LogP contribution in [0.3, 0.4) is 0 Å². The van der Waals surface area contributed by atoms with Crippen LogP contribution in [-0.2, 0) is 9.59 Å². The first-order valence-electron chi connectivity index (χ1n) is 7.95. The Morgan fingerprint density at radius 3 is 2.40 bits per heavy atom. The van der Waals surface area contributed by atoms with Gasteiger partial charge in [-0.15, -0.1) is 0 Å². The summed E-state index contributed by atoms with van der Waals surface area (Å²) in [5.41, 5.74) is 5.33. The van der Waals surface area contributed by atoms with Gasteiger partial charge in [-0.25, -0.2) is 5.43 Å². The van der Waals surface area contributed by atoms with E-state index in [1.807, 2.05) is 51.1 Å². The number of benzene rings is 2. The van der Waals surface area contributed by atoms with Gasteiger partial charge in [-0.2, -0.15) is 5.10 Å². The molecule has 2 N–H and O–H groups in total. The van der Waals surface area contributed by atoms with E-state index in [0.29, 0.717) is 23.6 Å². The SMILES string of the molecule is CCOc1ccccc1/C=N\NC(=O)C(=O)Nc1c(C)cccc1C. The molecule has 0 saturated heterocycles. The van der Waals surface area contributed by atoms with Crippen molar-refractivity contribution in [3.05, 3.63) is 59.2 Å². The maximum atomic E-state index is 12.0. The average Bonchev–Trinajstić information content (AvgIpc) is 2.59. The van der Waals surface area contributed by atoms with E-state index in [4.69, 9.17) is 4.74 Å². The zero-order valence-electron chi connectivity index (χ0n) is 14.5. The minimum atomic E-state index is -0.840. The molecule has 6 nitrogen and oxygen atoms in total. The first-order valence-corrected chi connectivity index (χ1v) is 7.95. The average molecular weight is 339 g/mol. The number of ether oxygens (including phenoxy) is 1. The molecule has 0 spiro atoms. The zero-order chi connectivity index (χ0) is 18.2. The molecule has 0 bridgehead atoms. The molecule has 2 amide bonds. The smallest absolute Gasteiger partial charge is 0.329 e. The van der Waals surface area contributed by atoms with Crippen molar-refractivity contribution >= 4 is 23.7 Å². The fourth-order valence-corrected chi connectivity index (χ4v) is 2.27. The lowest BCUT2D eigenvalue weighted by Crippen LogP contribution is -2.32. The van der Waals surface area contributed by atoms with Crippen molar-refractivity contribution in [2.24, 2.45) is 5.10 Å². The van der Waals surface area contributed by atoms with Crippen molar-refractivity contribution in [1.29, 1.82) is 0 Å². The normalized spacial score (nSPS) is 10.5. The molecule has 0 aromatic heterocycles. The van der Waals surface area contributed by atoms with Gasteiger partial charge in [0.05, 0.1) is 12.8 Å². The Labute approximate surface area is 146 Å². The molecular formula is C19H21N3O3. The van der Waals surface area contributed by atoms with E-state index in [1.165, 1.54) is 6.21 Å². The van der Waals surface area contributed by atoms with Gasteiger partial charge in [0.1, 0.15) is 5.75 Å². The third-order valence-electron chi connectivity index (χ3n) is 3.51. The Morgan fingerprint density at radius 1 is 1.04 bits per heavy atom. The van der Waals surface area contributed by atoms with Gasteiger partial charge in [0.15, 0.2) is 0 Å². The van der Waals surface area contributed by atoms with E-state index in [-0.39, 0.29) is 0 Å². The monoisotopic (exact) mass is 339 g/mol. The highest BCUT2D eigenvalue weighted by molar-refractivity contribution is 6.39. The van der Waals surface area contributed by atoms with E-state index < -0.39 is 11.8 Å². The van der Waals surface area contributed by atoms with Crippen LogP contribution in [0.2, 0.25) is 0 Å². The van der Waals surface area contributed by atoms with Crippen molar-refractivity contribution < 1.29 is 14.3 Å². The highest BCUT2D eigenvalue weighted by atomic mass is 16.5. The molecule has 25 heavy (non-hydrogen) atoms. The number of carbonyl (C=O) groups is 2. The van der Waals surface area contributed by atoms with E-state index in [2.05, 4.69) is 15.8 Å². The molecule has 2 aromatic rings. The number of amides is 2. The Hall–Kier alpha value is -3.15. The molecule has 130 valence electrons. The van der Waals surface area contributed by atoms with E-state index in [9.17, 15) is 9.59 Å². The minimum Gasteiger partial charge on any atom is -0.493 e. The molecule has 0 heterocycles. The number of aryl methyl sites for hydroxylation is 2. The summed E-state index contributed by atoms with van der Waals surface area (Å²) in [5.74, 6) is -0.955. The second-order valence-electron chi connectivity index (χ2n) is 5.39. The Morgan fingerprint density at radius 2 is 1.72 bits per heavy atom. The summed E-state index contributed by atoms with van der Waals surface area (Å²) in [7, 11) is 0. The van der Waals surface area contributed by atoms with E-state index in [0.717, 1.165) is 11.1 Å². The molecule has 0 aliphatic heterocycles. The lowest BCUT2D eigenvalue weighted by atomic mass is 10.1. The molecule has 0 aliphatic carbocycles. The maximum Gasteiger partial charge on any atom is 0.329 e. The third-order valence-corrected chi connectivity index (χ3v) is 3.51. The van der Waals surface area contributed by atoms with Gasteiger partial charge >= 0.3 is 11.8 Å². The number of carbonyl (C=O) groups excluding carboxylic acids is 2. The lowest BCUT2D eigenvalue weighted by molar-refractivity contribution is -0.136. The number of nitrogens with zero attached hydrogens (tertiary/aromatic N) is 1. The van der Waals surface area contributed by atoms with E-state index >= 15 is 0 Å². The summed E-state index contributed by atoms with van der Waals surface area (Å²) in [6, 6.07) is 12.9. The van der Waals surface area contributed by atoms with Crippen LogP contribution in [0.1, 0.15) is 23.6 Å². The number of hydrazone groups is 1. The van der Waals surface area contributed by atoms with E-state index in [1.54, 1.807) is 12.1 Å². The zero-order valence-corrected chi connectivity index (χ0v) is 14.5. The Bertz CT molecular complexity index is 780. The lowest BCUT2D eigenvalue weighted by Gasteiger charge is -2.10. The number of nitrogens with one attached hydrogen (secondary N) is 2. The van der Waals surface area contributed by atoms with Gasteiger partial charge in [-0.05, 0) is 44.0 Å². The van der Waals surface area contributed by atoms with Gasteiger partial charge in [-0.1, -0.05) is 30.3 Å². The van der Waals surface area contributed by atoms with Crippen LogP contribution < -0.4 is 15.5 Å². The largest absolute Gasteiger partial charge is 0.493 e. The second kappa shape index (κ2) is 8.63. The first kappa shape index (κ1) is 18.2. The molecule has 0 aliphatic rings. The third kappa shape index (κ3) is 4.91. The van der Waals surface area contributed by atoms with Gasteiger partial charge in [0, 0.05) is 11.3 Å².